The monoisotopic (exact) mass is 172 g/mol. The van der Waals surface area contributed by atoms with Crippen LogP contribution < -0.4 is 0 Å². The van der Waals surface area contributed by atoms with E-state index < -0.39 is 0 Å². The second-order valence-corrected chi connectivity index (χ2v) is 4.03. The molecule has 0 spiro atoms. The Morgan fingerprint density at radius 2 is 1.33 bits per heavy atom. The molecule has 1 nitrogen and oxygen atoms in total. The predicted molar refractivity (Wildman–Crippen MR) is 54.2 cm³/mol. The zero-order valence-corrected chi connectivity index (χ0v) is 8.68. The van der Waals surface area contributed by atoms with E-state index in [0.29, 0.717) is 6.61 Å². The number of aliphatic hydroxyl groups is 1. The Labute approximate surface area is 77.2 Å². The maximum absolute atomic E-state index is 8.54. The molecular formula is C11H24O. The molecule has 0 bridgehead atoms. The first-order chi connectivity index (χ1) is 5.77. The van der Waals surface area contributed by atoms with Gasteiger partial charge >= 0.3 is 0 Å². The van der Waals surface area contributed by atoms with Crippen molar-refractivity contribution in [3.8, 4) is 0 Å². The molecule has 0 aromatic rings. The first-order valence-electron chi connectivity index (χ1n) is 5.38. The molecule has 12 heavy (non-hydrogen) atoms. The van der Waals surface area contributed by atoms with Crippen LogP contribution in [-0.2, 0) is 0 Å². The first-order valence-corrected chi connectivity index (χ1v) is 5.38. The lowest BCUT2D eigenvalue weighted by Crippen LogP contribution is -1.87. The van der Waals surface area contributed by atoms with Gasteiger partial charge < -0.3 is 5.11 Å². The molecule has 0 atom stereocenters. The normalized spacial score (nSPS) is 11.0. The minimum absolute atomic E-state index is 0.367. The van der Waals surface area contributed by atoms with Gasteiger partial charge in [0.05, 0.1) is 0 Å². The molecule has 0 aromatic carbocycles. The summed E-state index contributed by atoms with van der Waals surface area (Å²) >= 11 is 0. The molecular weight excluding hydrogens is 148 g/mol. The van der Waals surface area contributed by atoms with Crippen LogP contribution >= 0.6 is 0 Å². The molecule has 0 amide bonds. The van der Waals surface area contributed by atoms with E-state index in [-0.39, 0.29) is 0 Å². The molecule has 0 saturated heterocycles. The number of unbranched alkanes of at least 4 members (excludes halogenated alkanes) is 5. The Hall–Kier alpha value is -0.0400. The van der Waals surface area contributed by atoms with Crippen LogP contribution in [0.3, 0.4) is 0 Å². The number of hydrogen-bond acceptors (Lipinski definition) is 1. The summed E-state index contributed by atoms with van der Waals surface area (Å²) in [5.74, 6) is 0.863. The molecule has 0 aliphatic carbocycles. The number of hydrogen-bond donors (Lipinski definition) is 1. The molecule has 74 valence electrons. The van der Waals surface area contributed by atoms with Crippen LogP contribution in [-0.4, -0.2) is 11.7 Å². The Bertz CT molecular complexity index is 79.1. The summed E-state index contributed by atoms with van der Waals surface area (Å²) in [5.41, 5.74) is 0. The third-order valence-electron chi connectivity index (χ3n) is 2.19. The Balaban J connectivity index is 2.82. The maximum atomic E-state index is 8.54. The summed E-state index contributed by atoms with van der Waals surface area (Å²) in [6.07, 6.45) is 8.99. The van der Waals surface area contributed by atoms with Crippen LogP contribution in [0.5, 0.6) is 0 Å². The van der Waals surface area contributed by atoms with Gasteiger partial charge in [-0.3, -0.25) is 0 Å². The Kier molecular flexibility index (Phi) is 9.02. The molecule has 0 fully saturated rings. The summed E-state index contributed by atoms with van der Waals surface area (Å²) in [6.45, 7) is 4.93. The van der Waals surface area contributed by atoms with Gasteiger partial charge in [0.1, 0.15) is 0 Å². The van der Waals surface area contributed by atoms with E-state index >= 15 is 0 Å². The largest absolute Gasteiger partial charge is 0.396 e. The molecule has 0 unspecified atom stereocenters. The quantitative estimate of drug-likeness (QED) is 0.557. The molecule has 0 heterocycles. The van der Waals surface area contributed by atoms with Gasteiger partial charge in [0.2, 0.25) is 0 Å². The molecule has 0 aliphatic heterocycles. The zero-order chi connectivity index (χ0) is 9.23. The summed E-state index contributed by atoms with van der Waals surface area (Å²) < 4.78 is 0. The van der Waals surface area contributed by atoms with E-state index in [1.54, 1.807) is 0 Å². The molecule has 0 aromatic heterocycles. The minimum Gasteiger partial charge on any atom is -0.396 e. The fourth-order valence-corrected chi connectivity index (χ4v) is 1.37. The summed E-state index contributed by atoms with van der Waals surface area (Å²) in [6, 6.07) is 0. The van der Waals surface area contributed by atoms with Crippen molar-refractivity contribution in [2.45, 2.75) is 58.8 Å². The molecule has 1 N–H and O–H groups in total. The van der Waals surface area contributed by atoms with E-state index in [2.05, 4.69) is 13.8 Å². The second kappa shape index (κ2) is 9.05. The Morgan fingerprint density at radius 3 is 1.83 bits per heavy atom. The highest BCUT2D eigenvalue weighted by Crippen LogP contribution is 2.10. The zero-order valence-electron chi connectivity index (χ0n) is 8.68. The van der Waals surface area contributed by atoms with Crippen LogP contribution in [0.2, 0.25) is 0 Å². The van der Waals surface area contributed by atoms with Gasteiger partial charge in [-0.1, -0.05) is 52.4 Å². The lowest BCUT2D eigenvalue weighted by molar-refractivity contribution is 0.282. The lowest BCUT2D eigenvalue weighted by Gasteiger charge is -2.03. The van der Waals surface area contributed by atoms with Gasteiger partial charge in [0.25, 0.3) is 0 Å². The van der Waals surface area contributed by atoms with Crippen LogP contribution in [0.4, 0.5) is 0 Å². The van der Waals surface area contributed by atoms with Crippen molar-refractivity contribution in [1.29, 1.82) is 0 Å². The van der Waals surface area contributed by atoms with Crippen molar-refractivity contribution in [2.24, 2.45) is 5.92 Å². The molecule has 0 rings (SSSR count). The van der Waals surface area contributed by atoms with Crippen molar-refractivity contribution in [2.75, 3.05) is 6.61 Å². The van der Waals surface area contributed by atoms with Crippen LogP contribution in [0.1, 0.15) is 58.8 Å². The lowest BCUT2D eigenvalue weighted by atomic mass is 10.0. The number of rotatable bonds is 8. The minimum atomic E-state index is 0.367. The van der Waals surface area contributed by atoms with Crippen LogP contribution in [0.25, 0.3) is 0 Å². The van der Waals surface area contributed by atoms with Crippen molar-refractivity contribution in [3.63, 3.8) is 0 Å². The fourth-order valence-electron chi connectivity index (χ4n) is 1.37. The van der Waals surface area contributed by atoms with Crippen molar-refractivity contribution in [3.05, 3.63) is 0 Å². The summed E-state index contributed by atoms with van der Waals surface area (Å²) in [5, 5.41) is 8.54. The van der Waals surface area contributed by atoms with Gasteiger partial charge in [-0.15, -0.1) is 0 Å². The highest BCUT2D eigenvalue weighted by atomic mass is 16.2. The van der Waals surface area contributed by atoms with Gasteiger partial charge in [-0.25, -0.2) is 0 Å². The third kappa shape index (κ3) is 9.96. The van der Waals surface area contributed by atoms with Crippen LogP contribution in [0, 0.1) is 5.92 Å². The molecule has 0 radical (unpaired) electrons. The van der Waals surface area contributed by atoms with E-state index in [1.165, 1.54) is 38.5 Å². The Morgan fingerprint density at radius 1 is 0.833 bits per heavy atom. The van der Waals surface area contributed by atoms with Gasteiger partial charge in [0, 0.05) is 6.61 Å². The van der Waals surface area contributed by atoms with Gasteiger partial charge in [0.15, 0.2) is 0 Å². The highest BCUT2D eigenvalue weighted by Gasteiger charge is 1.94. The maximum Gasteiger partial charge on any atom is 0.0431 e. The van der Waals surface area contributed by atoms with Crippen LogP contribution in [0.15, 0.2) is 0 Å². The van der Waals surface area contributed by atoms with E-state index in [9.17, 15) is 0 Å². The van der Waals surface area contributed by atoms with Gasteiger partial charge in [-0.2, -0.15) is 0 Å². The van der Waals surface area contributed by atoms with E-state index in [4.69, 9.17) is 5.11 Å². The first kappa shape index (κ1) is 12.0. The number of aliphatic hydroxyl groups excluding tert-OH is 1. The molecule has 1 heteroatoms. The van der Waals surface area contributed by atoms with Crippen molar-refractivity contribution >= 4 is 0 Å². The van der Waals surface area contributed by atoms with Crippen molar-refractivity contribution in [1.82, 2.24) is 0 Å². The topological polar surface area (TPSA) is 20.2 Å². The predicted octanol–water partition coefficient (Wildman–Crippen LogP) is 3.37. The molecule has 0 saturated carbocycles. The van der Waals surface area contributed by atoms with E-state index in [0.717, 1.165) is 12.3 Å². The average Bonchev–Trinajstić information content (AvgIpc) is 2.02. The second-order valence-electron chi connectivity index (χ2n) is 4.03. The standard InChI is InChI=1S/C11H24O/c1-11(2)9-7-5-3-4-6-8-10-12/h11-12H,3-10H2,1-2H3. The van der Waals surface area contributed by atoms with Crippen molar-refractivity contribution < 1.29 is 5.11 Å². The van der Waals surface area contributed by atoms with Gasteiger partial charge in [-0.05, 0) is 12.3 Å². The highest BCUT2D eigenvalue weighted by molar-refractivity contribution is 4.48. The average molecular weight is 172 g/mol. The SMILES string of the molecule is CC(C)CCCCCCCCO. The summed E-state index contributed by atoms with van der Waals surface area (Å²) in [7, 11) is 0. The summed E-state index contributed by atoms with van der Waals surface area (Å²) in [4.78, 5) is 0. The third-order valence-corrected chi connectivity index (χ3v) is 2.19. The fraction of sp³-hybridized carbons (Fsp3) is 1.00. The smallest absolute Gasteiger partial charge is 0.0431 e. The van der Waals surface area contributed by atoms with E-state index in [1.807, 2.05) is 0 Å². The molecule has 0 aliphatic rings.